The number of aliphatic carboxylic acids is 1. The van der Waals surface area contributed by atoms with Crippen LogP contribution in [0.2, 0.25) is 0 Å². The number of ether oxygens (including phenoxy) is 1. The van der Waals surface area contributed by atoms with Gasteiger partial charge >= 0.3 is 12.1 Å². The first kappa shape index (κ1) is 18.0. The van der Waals surface area contributed by atoms with Gasteiger partial charge in [0.2, 0.25) is 0 Å². The molecule has 0 aromatic heterocycles. The first-order valence-electron chi connectivity index (χ1n) is 8.60. The summed E-state index contributed by atoms with van der Waals surface area (Å²) in [4.78, 5) is 27.8. The Morgan fingerprint density at radius 2 is 1.87 bits per heavy atom. The highest BCUT2D eigenvalue weighted by Crippen LogP contribution is 2.27. The van der Waals surface area contributed by atoms with E-state index in [1.807, 2.05) is 20.8 Å². The largest absolute Gasteiger partial charge is 0.481 e. The highest BCUT2D eigenvalue weighted by atomic mass is 16.6. The van der Waals surface area contributed by atoms with Gasteiger partial charge < -0.3 is 14.7 Å². The third-order valence-corrected chi connectivity index (χ3v) is 4.63. The lowest BCUT2D eigenvalue weighted by Crippen LogP contribution is -2.56. The topological polar surface area (TPSA) is 70.1 Å². The average molecular weight is 326 g/mol. The molecule has 2 fully saturated rings. The van der Waals surface area contributed by atoms with Crippen LogP contribution in [0.25, 0.3) is 0 Å². The number of amides is 1. The molecule has 0 aromatic carbocycles. The molecule has 2 aliphatic heterocycles. The Morgan fingerprint density at radius 1 is 1.17 bits per heavy atom. The molecule has 0 aliphatic carbocycles. The van der Waals surface area contributed by atoms with Gasteiger partial charge in [0.05, 0.1) is 5.92 Å². The molecular formula is C17H30N2O4. The molecule has 0 aromatic rings. The molecule has 1 N–H and O–H groups in total. The number of hydrogen-bond donors (Lipinski definition) is 1. The molecule has 2 rings (SSSR count). The predicted octanol–water partition coefficient (Wildman–Crippen LogP) is 2.43. The molecule has 0 saturated carbocycles. The molecule has 2 aliphatic rings. The average Bonchev–Trinajstić information content (AvgIpc) is 2.45. The fourth-order valence-corrected chi connectivity index (χ4v) is 3.55. The van der Waals surface area contributed by atoms with E-state index in [2.05, 4.69) is 11.8 Å². The Balaban J connectivity index is 2.07. The molecule has 23 heavy (non-hydrogen) atoms. The first-order chi connectivity index (χ1) is 10.7. The quantitative estimate of drug-likeness (QED) is 0.844. The molecule has 0 spiro atoms. The number of carboxylic acids is 1. The molecule has 2 heterocycles. The zero-order valence-electron chi connectivity index (χ0n) is 14.7. The zero-order chi connectivity index (χ0) is 17.2. The number of hydrogen-bond acceptors (Lipinski definition) is 4. The summed E-state index contributed by atoms with van der Waals surface area (Å²) in [7, 11) is 0. The fraction of sp³-hybridized carbons (Fsp3) is 0.882. The number of carbonyl (C=O) groups excluding carboxylic acids is 1. The Bertz CT molecular complexity index is 446. The summed E-state index contributed by atoms with van der Waals surface area (Å²) in [6.07, 6.45) is 2.57. The van der Waals surface area contributed by atoms with Gasteiger partial charge in [0.25, 0.3) is 0 Å². The number of likely N-dealkylation sites (tertiary alicyclic amines) is 2. The van der Waals surface area contributed by atoms with Gasteiger partial charge in [0.1, 0.15) is 5.60 Å². The van der Waals surface area contributed by atoms with E-state index in [1.165, 1.54) is 6.42 Å². The molecule has 0 radical (unpaired) electrons. The Kier molecular flexibility index (Phi) is 5.55. The monoisotopic (exact) mass is 326 g/mol. The van der Waals surface area contributed by atoms with Gasteiger partial charge in [0.15, 0.2) is 0 Å². The van der Waals surface area contributed by atoms with Gasteiger partial charge in [0, 0.05) is 25.7 Å². The standard InChI is InChI=1S/C17H30N2O4/c1-12-6-5-7-18(9-12)14-8-13(15(20)21)10-19(11-14)16(22)23-17(2,3)4/h12-14H,5-11H2,1-4H3,(H,20,21). The maximum absolute atomic E-state index is 12.4. The highest BCUT2D eigenvalue weighted by molar-refractivity contribution is 5.73. The Labute approximate surface area is 138 Å². The number of nitrogens with zero attached hydrogens (tertiary/aromatic N) is 2. The van der Waals surface area contributed by atoms with Crippen molar-refractivity contribution in [2.45, 2.75) is 58.6 Å². The summed E-state index contributed by atoms with van der Waals surface area (Å²) in [6.45, 7) is 10.5. The van der Waals surface area contributed by atoms with Gasteiger partial charge in [-0.25, -0.2) is 4.79 Å². The van der Waals surface area contributed by atoms with Crippen molar-refractivity contribution in [3.8, 4) is 0 Å². The Morgan fingerprint density at radius 3 is 2.43 bits per heavy atom. The lowest BCUT2D eigenvalue weighted by molar-refractivity contribution is -0.144. The number of piperidine rings is 2. The van der Waals surface area contributed by atoms with E-state index >= 15 is 0 Å². The molecule has 0 bridgehead atoms. The Hall–Kier alpha value is -1.30. The van der Waals surface area contributed by atoms with Crippen LogP contribution in [0.1, 0.15) is 47.0 Å². The summed E-state index contributed by atoms with van der Waals surface area (Å²) in [6, 6.07) is 0.111. The van der Waals surface area contributed by atoms with Crippen molar-refractivity contribution in [3.63, 3.8) is 0 Å². The highest BCUT2D eigenvalue weighted by Gasteiger charge is 2.38. The maximum atomic E-state index is 12.4. The van der Waals surface area contributed by atoms with E-state index in [0.717, 1.165) is 19.5 Å². The van der Waals surface area contributed by atoms with E-state index in [9.17, 15) is 14.7 Å². The van der Waals surface area contributed by atoms with Crippen molar-refractivity contribution < 1.29 is 19.4 Å². The summed E-state index contributed by atoms with van der Waals surface area (Å²) in [5, 5.41) is 9.44. The van der Waals surface area contributed by atoms with Crippen molar-refractivity contribution in [3.05, 3.63) is 0 Å². The third kappa shape index (κ3) is 5.09. The molecule has 3 atom stereocenters. The van der Waals surface area contributed by atoms with E-state index in [0.29, 0.717) is 18.9 Å². The zero-order valence-corrected chi connectivity index (χ0v) is 14.7. The van der Waals surface area contributed by atoms with Crippen LogP contribution < -0.4 is 0 Å². The SMILES string of the molecule is CC1CCCN(C2CC(C(=O)O)CN(C(=O)OC(C)(C)C)C2)C1. The van der Waals surface area contributed by atoms with Gasteiger partial charge in [-0.15, -0.1) is 0 Å². The molecular weight excluding hydrogens is 296 g/mol. The third-order valence-electron chi connectivity index (χ3n) is 4.63. The second-order valence-corrected chi connectivity index (χ2v) is 8.05. The van der Waals surface area contributed by atoms with Gasteiger partial charge in [-0.1, -0.05) is 6.92 Å². The molecule has 2 saturated heterocycles. The van der Waals surface area contributed by atoms with Gasteiger partial charge in [-0.3, -0.25) is 9.69 Å². The molecule has 1 amide bonds. The van der Waals surface area contributed by atoms with E-state index < -0.39 is 23.6 Å². The second-order valence-electron chi connectivity index (χ2n) is 8.05. The van der Waals surface area contributed by atoms with Crippen molar-refractivity contribution in [1.29, 1.82) is 0 Å². The molecule has 132 valence electrons. The number of rotatable bonds is 2. The summed E-state index contributed by atoms with van der Waals surface area (Å²) in [5.41, 5.74) is -0.567. The minimum atomic E-state index is -0.826. The molecule has 3 unspecified atom stereocenters. The summed E-state index contributed by atoms with van der Waals surface area (Å²) < 4.78 is 5.44. The van der Waals surface area contributed by atoms with E-state index in [-0.39, 0.29) is 12.6 Å². The van der Waals surface area contributed by atoms with Gasteiger partial charge in [-0.05, 0) is 52.5 Å². The number of carbonyl (C=O) groups is 2. The summed E-state index contributed by atoms with van der Waals surface area (Å²) >= 11 is 0. The smallest absolute Gasteiger partial charge is 0.410 e. The minimum absolute atomic E-state index is 0.111. The summed E-state index contributed by atoms with van der Waals surface area (Å²) in [5.74, 6) is -0.712. The van der Waals surface area contributed by atoms with E-state index in [4.69, 9.17) is 4.74 Å². The van der Waals surface area contributed by atoms with Crippen LogP contribution in [0.4, 0.5) is 4.79 Å². The van der Waals surface area contributed by atoms with Crippen molar-refractivity contribution >= 4 is 12.1 Å². The van der Waals surface area contributed by atoms with Crippen molar-refractivity contribution in [2.75, 3.05) is 26.2 Å². The second kappa shape index (κ2) is 7.07. The van der Waals surface area contributed by atoms with Crippen LogP contribution in [0.15, 0.2) is 0 Å². The lowest BCUT2D eigenvalue weighted by Gasteiger charge is -2.44. The van der Waals surface area contributed by atoms with Crippen molar-refractivity contribution in [1.82, 2.24) is 9.80 Å². The van der Waals surface area contributed by atoms with E-state index in [1.54, 1.807) is 4.90 Å². The van der Waals surface area contributed by atoms with Crippen LogP contribution in [-0.4, -0.2) is 64.8 Å². The van der Waals surface area contributed by atoms with Crippen LogP contribution in [0.5, 0.6) is 0 Å². The fourth-order valence-electron chi connectivity index (χ4n) is 3.55. The molecule has 6 nitrogen and oxygen atoms in total. The maximum Gasteiger partial charge on any atom is 0.410 e. The minimum Gasteiger partial charge on any atom is -0.481 e. The van der Waals surface area contributed by atoms with Crippen LogP contribution in [0.3, 0.4) is 0 Å². The molecule has 6 heteroatoms. The number of carboxylic acid groups (broad SMARTS) is 1. The van der Waals surface area contributed by atoms with Crippen LogP contribution in [-0.2, 0) is 9.53 Å². The first-order valence-corrected chi connectivity index (χ1v) is 8.60. The van der Waals surface area contributed by atoms with Crippen molar-refractivity contribution in [2.24, 2.45) is 11.8 Å². The van der Waals surface area contributed by atoms with Gasteiger partial charge in [-0.2, -0.15) is 0 Å². The normalized spacial score (nSPS) is 30.1. The van der Waals surface area contributed by atoms with Crippen LogP contribution >= 0.6 is 0 Å². The predicted molar refractivity (Wildman–Crippen MR) is 87.3 cm³/mol. The van der Waals surface area contributed by atoms with Crippen LogP contribution in [0, 0.1) is 11.8 Å². The lowest BCUT2D eigenvalue weighted by atomic mass is 9.90.